The molecule has 0 heterocycles. The molecule has 0 spiro atoms. The molecule has 0 aromatic heterocycles. The summed E-state index contributed by atoms with van der Waals surface area (Å²) in [6, 6.07) is 3.10. The first kappa shape index (κ1) is 14.4. The van der Waals surface area contributed by atoms with Crippen LogP contribution in [0.4, 0.5) is 0 Å². The maximum absolute atomic E-state index is 11.0. The maximum atomic E-state index is 11.0. The summed E-state index contributed by atoms with van der Waals surface area (Å²) in [5.41, 5.74) is 0.698. The molecule has 0 radical (unpaired) electrons. The van der Waals surface area contributed by atoms with E-state index in [2.05, 4.69) is 0 Å². The Kier molecular flexibility index (Phi) is 6.13. The van der Waals surface area contributed by atoms with E-state index in [9.17, 15) is 9.90 Å². The number of benzene rings is 1. The zero-order valence-corrected chi connectivity index (χ0v) is 10.3. The van der Waals surface area contributed by atoms with Gasteiger partial charge in [0.25, 0.3) is 0 Å². The average molecular weight is 256 g/mol. The summed E-state index contributed by atoms with van der Waals surface area (Å²) < 4.78 is 20.1. The van der Waals surface area contributed by atoms with E-state index in [1.54, 1.807) is 12.1 Å². The SMILES string of the molecule is COCOc1cc(CO)c(C=O)c(OCOC)c1. The van der Waals surface area contributed by atoms with Gasteiger partial charge in [-0.1, -0.05) is 0 Å². The van der Waals surface area contributed by atoms with Crippen LogP contribution in [0.3, 0.4) is 0 Å². The number of aldehydes is 1. The van der Waals surface area contributed by atoms with Gasteiger partial charge in [0.15, 0.2) is 19.9 Å². The zero-order valence-electron chi connectivity index (χ0n) is 10.3. The van der Waals surface area contributed by atoms with E-state index in [1.807, 2.05) is 0 Å². The molecule has 1 aromatic rings. The summed E-state index contributed by atoms with van der Waals surface area (Å²) in [4.78, 5) is 11.0. The second kappa shape index (κ2) is 7.65. The van der Waals surface area contributed by atoms with Crippen molar-refractivity contribution in [3.05, 3.63) is 23.3 Å². The van der Waals surface area contributed by atoms with Gasteiger partial charge in [-0.2, -0.15) is 0 Å². The molecule has 0 aliphatic carbocycles. The van der Waals surface area contributed by atoms with Gasteiger partial charge in [-0.3, -0.25) is 4.79 Å². The minimum absolute atomic E-state index is 0.000556. The Bertz CT molecular complexity index is 390. The Balaban J connectivity index is 3.05. The highest BCUT2D eigenvalue weighted by Gasteiger charge is 2.12. The van der Waals surface area contributed by atoms with Crippen LogP contribution in [0.15, 0.2) is 12.1 Å². The Morgan fingerprint density at radius 1 is 1.17 bits per heavy atom. The van der Waals surface area contributed by atoms with Crippen molar-refractivity contribution in [2.24, 2.45) is 0 Å². The van der Waals surface area contributed by atoms with Crippen LogP contribution in [0.2, 0.25) is 0 Å². The van der Waals surface area contributed by atoms with Crippen LogP contribution in [0.25, 0.3) is 0 Å². The fourth-order valence-electron chi connectivity index (χ4n) is 1.37. The quantitative estimate of drug-likeness (QED) is 0.551. The summed E-state index contributed by atoms with van der Waals surface area (Å²) >= 11 is 0. The van der Waals surface area contributed by atoms with Gasteiger partial charge in [-0.05, 0) is 11.6 Å². The molecule has 0 fully saturated rings. The van der Waals surface area contributed by atoms with E-state index < -0.39 is 0 Å². The molecule has 0 saturated heterocycles. The topological polar surface area (TPSA) is 74.2 Å². The van der Waals surface area contributed by atoms with Gasteiger partial charge < -0.3 is 24.1 Å². The number of methoxy groups -OCH3 is 2. The first-order valence-electron chi connectivity index (χ1n) is 5.23. The molecule has 0 aliphatic heterocycles. The van der Waals surface area contributed by atoms with Crippen molar-refractivity contribution in [1.82, 2.24) is 0 Å². The monoisotopic (exact) mass is 256 g/mol. The van der Waals surface area contributed by atoms with Gasteiger partial charge in [-0.15, -0.1) is 0 Å². The van der Waals surface area contributed by atoms with Gasteiger partial charge in [0.1, 0.15) is 11.5 Å². The van der Waals surface area contributed by atoms with Gasteiger partial charge in [0.2, 0.25) is 0 Å². The first-order chi connectivity index (χ1) is 8.76. The van der Waals surface area contributed by atoms with Crippen LogP contribution in [0.1, 0.15) is 15.9 Å². The molecule has 6 nitrogen and oxygen atoms in total. The molecule has 0 bridgehead atoms. The first-order valence-corrected chi connectivity index (χ1v) is 5.23. The van der Waals surface area contributed by atoms with Crippen LogP contribution in [-0.4, -0.2) is 39.2 Å². The van der Waals surface area contributed by atoms with Crippen molar-refractivity contribution in [2.45, 2.75) is 6.61 Å². The highest BCUT2D eigenvalue weighted by Crippen LogP contribution is 2.28. The van der Waals surface area contributed by atoms with E-state index in [0.29, 0.717) is 23.3 Å². The predicted octanol–water partition coefficient (Wildman–Crippen LogP) is 0.957. The van der Waals surface area contributed by atoms with E-state index >= 15 is 0 Å². The molecule has 0 unspecified atom stereocenters. The molecule has 100 valence electrons. The summed E-state index contributed by atoms with van der Waals surface area (Å²) in [7, 11) is 2.97. The van der Waals surface area contributed by atoms with Crippen molar-refractivity contribution in [1.29, 1.82) is 0 Å². The molecular formula is C12H16O6. The fraction of sp³-hybridized carbons (Fsp3) is 0.417. The summed E-state index contributed by atoms with van der Waals surface area (Å²) in [6.07, 6.45) is 0.622. The second-order valence-electron chi connectivity index (χ2n) is 3.37. The lowest BCUT2D eigenvalue weighted by atomic mass is 10.1. The third-order valence-corrected chi connectivity index (χ3v) is 2.17. The predicted molar refractivity (Wildman–Crippen MR) is 62.8 cm³/mol. The summed E-state index contributed by atoms with van der Waals surface area (Å²) in [5, 5.41) is 9.22. The fourth-order valence-corrected chi connectivity index (χ4v) is 1.37. The zero-order chi connectivity index (χ0) is 13.4. The molecule has 1 aromatic carbocycles. The molecule has 0 amide bonds. The van der Waals surface area contributed by atoms with Crippen LogP contribution in [0.5, 0.6) is 11.5 Å². The van der Waals surface area contributed by atoms with Crippen LogP contribution >= 0.6 is 0 Å². The standard InChI is InChI=1S/C12H16O6/c1-15-7-17-10-3-9(5-13)11(6-14)12(4-10)18-8-16-2/h3-4,6,13H,5,7-8H2,1-2H3. The van der Waals surface area contributed by atoms with E-state index in [4.69, 9.17) is 18.9 Å². The maximum Gasteiger partial charge on any atom is 0.188 e. The van der Waals surface area contributed by atoms with Gasteiger partial charge >= 0.3 is 0 Å². The number of aliphatic hydroxyl groups excluding tert-OH is 1. The second-order valence-corrected chi connectivity index (χ2v) is 3.37. The number of hydrogen-bond acceptors (Lipinski definition) is 6. The number of carbonyl (C=O) groups is 1. The van der Waals surface area contributed by atoms with Gasteiger partial charge in [0, 0.05) is 20.3 Å². The lowest BCUT2D eigenvalue weighted by Crippen LogP contribution is -2.06. The smallest absolute Gasteiger partial charge is 0.188 e. The Morgan fingerprint density at radius 2 is 1.83 bits per heavy atom. The minimum atomic E-state index is -0.290. The Labute approximate surface area is 105 Å². The van der Waals surface area contributed by atoms with Crippen LogP contribution in [0, 0.1) is 0 Å². The number of aliphatic hydroxyl groups is 1. The van der Waals surface area contributed by atoms with Crippen molar-refractivity contribution in [3.8, 4) is 11.5 Å². The molecule has 0 atom stereocenters. The third-order valence-electron chi connectivity index (χ3n) is 2.17. The van der Waals surface area contributed by atoms with Crippen molar-refractivity contribution in [3.63, 3.8) is 0 Å². The highest BCUT2D eigenvalue weighted by atomic mass is 16.7. The Morgan fingerprint density at radius 3 is 2.39 bits per heavy atom. The van der Waals surface area contributed by atoms with Crippen molar-refractivity contribution in [2.75, 3.05) is 27.8 Å². The van der Waals surface area contributed by atoms with Crippen LogP contribution < -0.4 is 9.47 Å². The van der Waals surface area contributed by atoms with Crippen molar-refractivity contribution < 1.29 is 28.8 Å². The summed E-state index contributed by atoms with van der Waals surface area (Å²) in [5.74, 6) is 0.738. The minimum Gasteiger partial charge on any atom is -0.467 e. The lowest BCUT2D eigenvalue weighted by molar-refractivity contribution is 0.0454. The number of ether oxygens (including phenoxy) is 4. The average Bonchev–Trinajstić information content (AvgIpc) is 2.41. The summed E-state index contributed by atoms with van der Waals surface area (Å²) in [6.45, 7) is -0.226. The Hall–Kier alpha value is -1.63. The molecular weight excluding hydrogens is 240 g/mol. The lowest BCUT2D eigenvalue weighted by Gasteiger charge is -2.13. The molecule has 1 rings (SSSR count). The number of carbonyl (C=O) groups excluding carboxylic acids is 1. The van der Waals surface area contributed by atoms with E-state index in [0.717, 1.165) is 0 Å². The normalized spacial score (nSPS) is 10.2. The van der Waals surface area contributed by atoms with Gasteiger partial charge in [0.05, 0.1) is 12.2 Å². The van der Waals surface area contributed by atoms with Gasteiger partial charge in [-0.25, -0.2) is 0 Å². The molecule has 0 saturated carbocycles. The van der Waals surface area contributed by atoms with Crippen LogP contribution in [-0.2, 0) is 16.1 Å². The molecule has 0 aliphatic rings. The van der Waals surface area contributed by atoms with Crippen molar-refractivity contribution >= 4 is 6.29 Å². The highest BCUT2D eigenvalue weighted by molar-refractivity contribution is 5.82. The van der Waals surface area contributed by atoms with E-state index in [1.165, 1.54) is 14.2 Å². The molecule has 18 heavy (non-hydrogen) atoms. The van der Waals surface area contributed by atoms with E-state index in [-0.39, 0.29) is 25.8 Å². The third kappa shape index (κ3) is 3.69. The molecule has 6 heteroatoms. The number of hydrogen-bond donors (Lipinski definition) is 1. The largest absolute Gasteiger partial charge is 0.467 e. The number of rotatable bonds is 8. The molecule has 1 N–H and O–H groups in total.